The number of aryl methyl sites for hydroxylation is 1. The molecule has 0 saturated carbocycles. The second kappa shape index (κ2) is 12.7. The van der Waals surface area contributed by atoms with Crippen molar-refractivity contribution in [2.45, 2.75) is 34.1 Å². The highest BCUT2D eigenvalue weighted by molar-refractivity contribution is 6.42. The predicted molar refractivity (Wildman–Crippen MR) is 162 cm³/mol. The number of fused-ring (bicyclic) bond motifs is 1. The molecule has 8 nitrogen and oxygen atoms in total. The number of carbonyl (C=O) groups excluding carboxylic acids is 3. The third kappa shape index (κ3) is 6.25. The van der Waals surface area contributed by atoms with Crippen LogP contribution >= 0.6 is 23.2 Å². The zero-order chi connectivity index (χ0) is 29.0. The molecular weight excluding hydrogens is 549 g/mol. The summed E-state index contributed by atoms with van der Waals surface area (Å²) in [4.78, 5) is 44.9. The molecule has 3 amide bonds. The second-order valence-electron chi connectivity index (χ2n) is 9.62. The molecule has 1 aliphatic rings. The minimum absolute atomic E-state index is 0.159. The van der Waals surface area contributed by atoms with Crippen molar-refractivity contribution in [3.8, 4) is 0 Å². The van der Waals surface area contributed by atoms with Gasteiger partial charge in [-0.1, -0.05) is 43.1 Å². The molecule has 10 heteroatoms. The lowest BCUT2D eigenvalue weighted by atomic mass is 9.98. The van der Waals surface area contributed by atoms with E-state index in [0.717, 1.165) is 31.6 Å². The van der Waals surface area contributed by atoms with Gasteiger partial charge in [0.2, 0.25) is 0 Å². The molecular formula is C30H33Cl2N5O3. The third-order valence-corrected chi connectivity index (χ3v) is 7.81. The highest BCUT2D eigenvalue weighted by Gasteiger charge is 2.30. The van der Waals surface area contributed by atoms with E-state index in [1.54, 1.807) is 42.5 Å². The SMILES string of the molecule is CCN(CC)CCCNC(=O)c1c(C)[nH]c(/C=C2\C(=O)Nc3cccc(C(=O)Nc4ccc(Cl)c(Cl)c4)c32)c1C. The number of H-pyrrole nitrogens is 1. The fraction of sp³-hybridized carbons (Fsp3) is 0.300. The summed E-state index contributed by atoms with van der Waals surface area (Å²) in [5.74, 6) is -0.894. The van der Waals surface area contributed by atoms with Gasteiger partial charge in [-0.25, -0.2) is 0 Å². The Morgan fingerprint density at radius 2 is 1.77 bits per heavy atom. The van der Waals surface area contributed by atoms with Gasteiger partial charge in [-0.05, 0) is 81.9 Å². The van der Waals surface area contributed by atoms with E-state index in [2.05, 4.69) is 39.7 Å². The molecule has 0 spiro atoms. The highest BCUT2D eigenvalue weighted by Crippen LogP contribution is 2.37. The number of nitrogens with zero attached hydrogens (tertiary/aromatic N) is 1. The molecule has 4 rings (SSSR count). The highest BCUT2D eigenvalue weighted by atomic mass is 35.5. The number of nitrogens with one attached hydrogen (secondary N) is 4. The van der Waals surface area contributed by atoms with Gasteiger partial charge in [0.25, 0.3) is 17.7 Å². The molecule has 2 aromatic carbocycles. The third-order valence-electron chi connectivity index (χ3n) is 7.07. The van der Waals surface area contributed by atoms with E-state index >= 15 is 0 Å². The van der Waals surface area contributed by atoms with Crippen molar-refractivity contribution >= 4 is 63.9 Å². The van der Waals surface area contributed by atoms with E-state index in [1.165, 1.54) is 0 Å². The van der Waals surface area contributed by atoms with E-state index in [-0.39, 0.29) is 11.8 Å². The van der Waals surface area contributed by atoms with E-state index in [1.807, 2.05) is 13.8 Å². The predicted octanol–water partition coefficient (Wildman–Crippen LogP) is 6.15. The maximum Gasteiger partial charge on any atom is 0.256 e. The summed E-state index contributed by atoms with van der Waals surface area (Å²) >= 11 is 12.1. The molecule has 0 fully saturated rings. The first-order valence-electron chi connectivity index (χ1n) is 13.3. The standard InChI is InChI=1S/C30H33Cl2N5O3/c1-5-37(6-2)14-8-13-33-30(40)26-17(3)25(34-18(26)4)16-21-27-20(9-7-10-24(27)36-29(21)39)28(38)35-19-11-12-22(31)23(32)15-19/h7,9-12,15-16,34H,5-6,8,13-14H2,1-4H3,(H,33,40)(H,35,38)(H,36,39)/b21-16-. The van der Waals surface area contributed by atoms with Crippen LogP contribution in [0.5, 0.6) is 0 Å². The Hall–Kier alpha value is -3.59. The normalized spacial score (nSPS) is 13.5. The molecule has 0 bridgehead atoms. The van der Waals surface area contributed by atoms with Gasteiger partial charge in [0.05, 0.1) is 21.2 Å². The number of benzene rings is 2. The molecule has 1 aromatic heterocycles. The van der Waals surface area contributed by atoms with Gasteiger partial charge < -0.3 is 25.8 Å². The minimum Gasteiger partial charge on any atom is -0.358 e. The summed E-state index contributed by atoms with van der Waals surface area (Å²) in [6.45, 7) is 11.4. The number of halogens is 2. The quantitative estimate of drug-likeness (QED) is 0.170. The van der Waals surface area contributed by atoms with Gasteiger partial charge in [0.1, 0.15) is 0 Å². The Morgan fingerprint density at radius 3 is 2.48 bits per heavy atom. The zero-order valence-electron chi connectivity index (χ0n) is 23.0. The van der Waals surface area contributed by atoms with Gasteiger partial charge in [-0.2, -0.15) is 0 Å². The van der Waals surface area contributed by atoms with Crippen molar-refractivity contribution in [2.75, 3.05) is 36.8 Å². The maximum absolute atomic E-state index is 13.3. The van der Waals surface area contributed by atoms with E-state index in [0.29, 0.717) is 61.6 Å². The number of amides is 3. The number of carbonyl (C=O) groups is 3. The van der Waals surface area contributed by atoms with E-state index < -0.39 is 5.91 Å². The average molecular weight is 583 g/mol. The summed E-state index contributed by atoms with van der Waals surface area (Å²) in [7, 11) is 0. The molecule has 0 aliphatic carbocycles. The molecule has 0 atom stereocenters. The molecule has 0 unspecified atom stereocenters. The molecule has 3 aromatic rings. The fourth-order valence-electron chi connectivity index (χ4n) is 4.89. The van der Waals surface area contributed by atoms with Crippen LogP contribution in [0.3, 0.4) is 0 Å². The largest absolute Gasteiger partial charge is 0.358 e. The first kappa shape index (κ1) is 29.4. The topological polar surface area (TPSA) is 106 Å². The van der Waals surface area contributed by atoms with Gasteiger partial charge in [0.15, 0.2) is 0 Å². The van der Waals surface area contributed by atoms with Crippen molar-refractivity contribution in [2.24, 2.45) is 0 Å². The van der Waals surface area contributed by atoms with Crippen LogP contribution in [-0.4, -0.2) is 53.8 Å². The average Bonchev–Trinajstić information content (AvgIpc) is 3.40. The molecule has 2 heterocycles. The second-order valence-corrected chi connectivity index (χ2v) is 10.4. The number of rotatable bonds is 10. The number of hydrogen-bond donors (Lipinski definition) is 4. The van der Waals surface area contributed by atoms with Crippen molar-refractivity contribution in [1.29, 1.82) is 0 Å². The van der Waals surface area contributed by atoms with Crippen LogP contribution in [0.2, 0.25) is 10.0 Å². The Kier molecular flexibility index (Phi) is 9.35. The Morgan fingerprint density at radius 1 is 1.02 bits per heavy atom. The summed E-state index contributed by atoms with van der Waals surface area (Å²) in [5, 5.41) is 9.37. The number of anilines is 2. The van der Waals surface area contributed by atoms with Crippen molar-refractivity contribution in [3.05, 3.63) is 80.1 Å². The summed E-state index contributed by atoms with van der Waals surface area (Å²) < 4.78 is 0. The number of aromatic nitrogens is 1. The van der Waals surface area contributed by atoms with Crippen LogP contribution in [0.4, 0.5) is 11.4 Å². The monoisotopic (exact) mass is 581 g/mol. The number of hydrogen-bond acceptors (Lipinski definition) is 4. The zero-order valence-corrected chi connectivity index (χ0v) is 24.5. The van der Waals surface area contributed by atoms with E-state index in [9.17, 15) is 14.4 Å². The van der Waals surface area contributed by atoms with Crippen LogP contribution in [-0.2, 0) is 4.79 Å². The summed E-state index contributed by atoms with van der Waals surface area (Å²) in [5.41, 5.74) is 4.75. The Balaban J connectivity index is 1.58. The summed E-state index contributed by atoms with van der Waals surface area (Å²) in [6.07, 6.45) is 2.55. The van der Waals surface area contributed by atoms with Gasteiger partial charge in [-0.3, -0.25) is 14.4 Å². The number of aromatic amines is 1. The van der Waals surface area contributed by atoms with Crippen LogP contribution in [0, 0.1) is 13.8 Å². The van der Waals surface area contributed by atoms with Crippen LogP contribution in [0.25, 0.3) is 11.6 Å². The van der Waals surface area contributed by atoms with Crippen LogP contribution < -0.4 is 16.0 Å². The van der Waals surface area contributed by atoms with Crippen LogP contribution in [0.15, 0.2) is 36.4 Å². The van der Waals surface area contributed by atoms with Crippen molar-refractivity contribution in [3.63, 3.8) is 0 Å². The molecule has 4 N–H and O–H groups in total. The Bertz CT molecular complexity index is 1490. The molecule has 210 valence electrons. The summed E-state index contributed by atoms with van der Waals surface area (Å²) in [6, 6.07) is 9.92. The Labute approximate surface area is 244 Å². The van der Waals surface area contributed by atoms with Crippen LogP contribution in [0.1, 0.15) is 63.5 Å². The van der Waals surface area contributed by atoms with Gasteiger partial charge >= 0.3 is 0 Å². The lowest BCUT2D eigenvalue weighted by Crippen LogP contribution is -2.30. The first-order valence-corrected chi connectivity index (χ1v) is 14.0. The minimum atomic E-state index is -0.401. The van der Waals surface area contributed by atoms with Crippen molar-refractivity contribution < 1.29 is 14.4 Å². The molecule has 1 aliphatic heterocycles. The van der Waals surface area contributed by atoms with Gasteiger partial charge in [-0.15, -0.1) is 0 Å². The van der Waals surface area contributed by atoms with E-state index in [4.69, 9.17) is 23.2 Å². The molecule has 0 radical (unpaired) electrons. The molecule has 40 heavy (non-hydrogen) atoms. The lowest BCUT2D eigenvalue weighted by Gasteiger charge is -2.17. The smallest absolute Gasteiger partial charge is 0.256 e. The van der Waals surface area contributed by atoms with Crippen molar-refractivity contribution in [1.82, 2.24) is 15.2 Å². The molecule has 0 saturated heterocycles. The lowest BCUT2D eigenvalue weighted by molar-refractivity contribution is -0.110. The maximum atomic E-state index is 13.3. The first-order chi connectivity index (χ1) is 19.1. The van der Waals surface area contributed by atoms with Gasteiger partial charge in [0, 0.05) is 40.4 Å². The fourth-order valence-corrected chi connectivity index (χ4v) is 5.18.